The number of fused-ring (bicyclic) bond motifs is 1. The van der Waals surface area contributed by atoms with Crippen LogP contribution < -0.4 is 4.72 Å². The zero-order chi connectivity index (χ0) is 23.5. The summed E-state index contributed by atoms with van der Waals surface area (Å²) in [6, 6.07) is 18.8. The zero-order valence-electron chi connectivity index (χ0n) is 19.0. The van der Waals surface area contributed by atoms with Gasteiger partial charge < -0.3 is 9.47 Å². The lowest BCUT2D eigenvalue weighted by Gasteiger charge is -2.18. The van der Waals surface area contributed by atoms with E-state index >= 15 is 0 Å². The largest absolute Gasteiger partial charge is 0.371 e. The molecule has 9 nitrogen and oxygen atoms in total. The Bertz CT molecular complexity index is 1190. The minimum atomic E-state index is -3.52. The number of ether oxygens (including phenoxy) is 2. The molecular formula is C24H29N5O4S. The van der Waals surface area contributed by atoms with E-state index in [1.54, 1.807) is 16.8 Å². The minimum Gasteiger partial charge on any atom is -0.371 e. The van der Waals surface area contributed by atoms with Crippen LogP contribution in [0.15, 0.2) is 66.9 Å². The molecule has 2 fully saturated rings. The molecule has 2 aliphatic heterocycles. The van der Waals surface area contributed by atoms with Crippen molar-refractivity contribution in [3.8, 4) is 0 Å². The number of nitrogens with zero attached hydrogens (tertiary/aromatic N) is 4. The first-order valence-electron chi connectivity index (χ1n) is 11.4. The molecule has 34 heavy (non-hydrogen) atoms. The minimum absolute atomic E-state index is 0.0753. The molecule has 0 aliphatic carbocycles. The van der Waals surface area contributed by atoms with E-state index in [1.165, 1.54) is 5.56 Å². The van der Waals surface area contributed by atoms with Gasteiger partial charge >= 0.3 is 0 Å². The molecule has 0 bridgehead atoms. The summed E-state index contributed by atoms with van der Waals surface area (Å²) in [5.41, 5.74) is 2.84. The Morgan fingerprint density at radius 3 is 2.38 bits per heavy atom. The van der Waals surface area contributed by atoms with Crippen LogP contribution in [0, 0.1) is 0 Å². The Labute approximate surface area is 199 Å². The summed E-state index contributed by atoms with van der Waals surface area (Å²) in [7, 11) is -1.48. The summed E-state index contributed by atoms with van der Waals surface area (Å²) in [5, 5.41) is 8.65. The molecule has 1 N–H and O–H groups in total. The molecule has 4 atom stereocenters. The summed E-state index contributed by atoms with van der Waals surface area (Å²) in [4.78, 5) is 2.18. The lowest BCUT2D eigenvalue weighted by Crippen LogP contribution is -2.44. The van der Waals surface area contributed by atoms with Gasteiger partial charge in [0, 0.05) is 13.1 Å². The first-order valence-corrected chi connectivity index (χ1v) is 13.0. The van der Waals surface area contributed by atoms with Crippen molar-refractivity contribution in [3.05, 3.63) is 83.7 Å². The molecule has 4 unspecified atom stereocenters. The smallest absolute Gasteiger partial charge is 0.216 e. The van der Waals surface area contributed by atoms with Crippen LogP contribution in [0.3, 0.4) is 0 Å². The quantitative estimate of drug-likeness (QED) is 0.495. The van der Waals surface area contributed by atoms with Crippen molar-refractivity contribution in [2.45, 2.75) is 43.1 Å². The van der Waals surface area contributed by atoms with Gasteiger partial charge in [-0.2, -0.15) is 0 Å². The van der Waals surface area contributed by atoms with Gasteiger partial charge in [0.2, 0.25) is 10.0 Å². The fourth-order valence-electron chi connectivity index (χ4n) is 4.65. The fraction of sp³-hybridized carbons (Fsp3) is 0.417. The lowest BCUT2D eigenvalue weighted by atomic mass is 10.1. The Hall–Kier alpha value is -2.63. The van der Waals surface area contributed by atoms with Crippen molar-refractivity contribution < 1.29 is 17.9 Å². The van der Waals surface area contributed by atoms with Gasteiger partial charge in [-0.15, -0.1) is 5.10 Å². The van der Waals surface area contributed by atoms with Crippen molar-refractivity contribution in [1.29, 1.82) is 0 Å². The summed E-state index contributed by atoms with van der Waals surface area (Å²) in [5.74, 6) is -0.0753. The molecule has 1 aromatic heterocycles. The standard InChI is InChI=1S/C24H29N5O4S/c1-28(12-18-8-4-2-5-9-18)13-20-14-29(27-25-20)22-16-33-23-21(15-32-24(22)23)26-34(30,31)17-19-10-6-3-7-11-19/h2-11,14,21-24,26H,12-13,15-17H2,1H3. The third-order valence-corrected chi connectivity index (χ3v) is 7.56. The van der Waals surface area contributed by atoms with Crippen LogP contribution in [0.4, 0.5) is 0 Å². The van der Waals surface area contributed by atoms with Crippen molar-refractivity contribution in [2.24, 2.45) is 0 Å². The molecule has 0 amide bonds. The second-order valence-electron chi connectivity index (χ2n) is 8.98. The molecule has 0 radical (unpaired) electrons. The summed E-state index contributed by atoms with van der Waals surface area (Å²) >= 11 is 0. The van der Waals surface area contributed by atoms with Gasteiger partial charge in [0.05, 0.1) is 36.9 Å². The van der Waals surface area contributed by atoms with E-state index < -0.39 is 16.1 Å². The van der Waals surface area contributed by atoms with Crippen LogP contribution in [0.25, 0.3) is 0 Å². The number of sulfonamides is 1. The summed E-state index contributed by atoms with van der Waals surface area (Å²) in [6.07, 6.45) is 1.29. The molecule has 3 aromatic rings. The Kier molecular flexibility index (Phi) is 6.75. The Morgan fingerprint density at radius 2 is 1.65 bits per heavy atom. The number of hydrogen-bond acceptors (Lipinski definition) is 7. The third kappa shape index (κ3) is 5.37. The number of benzene rings is 2. The van der Waals surface area contributed by atoms with Crippen LogP contribution in [-0.4, -0.2) is 66.8 Å². The van der Waals surface area contributed by atoms with Crippen LogP contribution >= 0.6 is 0 Å². The highest BCUT2D eigenvalue weighted by Gasteiger charge is 2.49. The monoisotopic (exact) mass is 483 g/mol. The first-order chi connectivity index (χ1) is 16.5. The predicted octanol–water partition coefficient (Wildman–Crippen LogP) is 1.74. The topological polar surface area (TPSA) is 98.6 Å². The number of nitrogens with one attached hydrogen (secondary N) is 1. The number of aromatic nitrogens is 3. The van der Waals surface area contributed by atoms with Crippen LogP contribution in [0.1, 0.15) is 22.9 Å². The molecule has 10 heteroatoms. The molecule has 2 aromatic carbocycles. The maximum Gasteiger partial charge on any atom is 0.216 e. The van der Waals surface area contributed by atoms with E-state index in [0.29, 0.717) is 13.2 Å². The van der Waals surface area contributed by atoms with Gasteiger partial charge in [0.15, 0.2) is 0 Å². The van der Waals surface area contributed by atoms with Gasteiger partial charge in [-0.3, -0.25) is 4.90 Å². The highest BCUT2D eigenvalue weighted by molar-refractivity contribution is 7.88. The zero-order valence-corrected chi connectivity index (χ0v) is 19.8. The SMILES string of the molecule is CN(Cc1ccccc1)Cc1cn(C2COC3C(NS(=O)(=O)Cc4ccccc4)COC32)nn1. The van der Waals surface area contributed by atoms with Crippen LogP contribution in [0.2, 0.25) is 0 Å². The third-order valence-electron chi connectivity index (χ3n) is 6.18. The normalized spacial score (nSPS) is 24.5. The second-order valence-corrected chi connectivity index (χ2v) is 10.7. The van der Waals surface area contributed by atoms with Crippen LogP contribution in [-0.2, 0) is 38.3 Å². The van der Waals surface area contributed by atoms with E-state index in [9.17, 15) is 8.42 Å². The van der Waals surface area contributed by atoms with Crippen molar-refractivity contribution >= 4 is 10.0 Å². The molecule has 0 saturated carbocycles. The highest BCUT2D eigenvalue weighted by Crippen LogP contribution is 2.34. The average Bonchev–Trinajstić information content (AvgIpc) is 3.52. The first kappa shape index (κ1) is 23.1. The average molecular weight is 484 g/mol. The lowest BCUT2D eigenvalue weighted by molar-refractivity contribution is 0.0624. The van der Waals surface area contributed by atoms with E-state index in [1.807, 2.05) is 49.6 Å². The second kappa shape index (κ2) is 9.93. The number of rotatable bonds is 9. The maximum absolute atomic E-state index is 12.7. The molecule has 5 rings (SSSR count). The molecule has 2 saturated heterocycles. The van der Waals surface area contributed by atoms with Crippen LogP contribution in [0.5, 0.6) is 0 Å². The van der Waals surface area contributed by atoms with Crippen molar-refractivity contribution in [3.63, 3.8) is 0 Å². The molecular weight excluding hydrogens is 454 g/mol. The van der Waals surface area contributed by atoms with Gasteiger partial charge in [-0.25, -0.2) is 17.8 Å². The summed E-state index contributed by atoms with van der Waals surface area (Å²) in [6.45, 7) is 2.15. The van der Waals surface area contributed by atoms with Gasteiger partial charge in [-0.1, -0.05) is 65.9 Å². The molecule has 3 heterocycles. The molecule has 180 valence electrons. The van der Waals surface area contributed by atoms with E-state index in [-0.39, 0.29) is 30.6 Å². The van der Waals surface area contributed by atoms with E-state index in [0.717, 1.165) is 17.8 Å². The van der Waals surface area contributed by atoms with Gasteiger partial charge in [-0.05, 0) is 18.2 Å². The van der Waals surface area contributed by atoms with E-state index in [4.69, 9.17) is 9.47 Å². The van der Waals surface area contributed by atoms with Gasteiger partial charge in [0.25, 0.3) is 0 Å². The number of hydrogen-bond donors (Lipinski definition) is 1. The fourth-order valence-corrected chi connectivity index (χ4v) is 6.03. The van der Waals surface area contributed by atoms with Crippen molar-refractivity contribution in [1.82, 2.24) is 24.6 Å². The maximum atomic E-state index is 12.7. The van der Waals surface area contributed by atoms with Crippen molar-refractivity contribution in [2.75, 3.05) is 20.3 Å². The highest BCUT2D eigenvalue weighted by atomic mass is 32.2. The molecule has 2 aliphatic rings. The predicted molar refractivity (Wildman–Crippen MR) is 126 cm³/mol. The van der Waals surface area contributed by atoms with E-state index in [2.05, 4.69) is 32.1 Å². The van der Waals surface area contributed by atoms with Gasteiger partial charge in [0.1, 0.15) is 18.2 Å². The Balaban J connectivity index is 1.18. The summed E-state index contributed by atoms with van der Waals surface area (Å²) < 4.78 is 41.9. The molecule has 0 spiro atoms. The Morgan fingerprint density at radius 1 is 0.971 bits per heavy atom.